The molecule has 1 atom stereocenters. The highest BCUT2D eigenvalue weighted by atomic mass is 32.1. The molecule has 1 aromatic heterocycles. The second-order valence-corrected chi connectivity index (χ2v) is 10.8. The Bertz CT molecular complexity index is 1420. The van der Waals surface area contributed by atoms with Gasteiger partial charge in [0.25, 0.3) is 0 Å². The first kappa shape index (κ1) is 28.8. The molecule has 208 valence electrons. The molecule has 0 saturated carbocycles. The lowest BCUT2D eigenvalue weighted by molar-refractivity contribution is -0.137. The van der Waals surface area contributed by atoms with Crippen LogP contribution in [0.4, 0.5) is 10.5 Å². The van der Waals surface area contributed by atoms with E-state index in [0.29, 0.717) is 31.6 Å². The number of aryl methyl sites for hydroxylation is 1. The van der Waals surface area contributed by atoms with Gasteiger partial charge in [0.1, 0.15) is 6.04 Å². The van der Waals surface area contributed by atoms with E-state index >= 15 is 0 Å². The minimum Gasteiger partial charge on any atom is -0.481 e. The van der Waals surface area contributed by atoms with Crippen LogP contribution in [0.25, 0.3) is 10.8 Å². The van der Waals surface area contributed by atoms with Crippen LogP contribution < -0.4 is 10.6 Å². The number of benzene rings is 3. The number of aliphatic carboxylic acids is 1. The van der Waals surface area contributed by atoms with Crippen LogP contribution in [-0.4, -0.2) is 34.0 Å². The topological polar surface area (TPSA) is 98.7 Å². The molecule has 0 spiro atoms. The maximum atomic E-state index is 13.9. The van der Waals surface area contributed by atoms with Gasteiger partial charge in [-0.3, -0.25) is 9.59 Å². The maximum Gasteiger partial charge on any atom is 0.319 e. The number of fused-ring (bicyclic) bond motifs is 1. The quantitative estimate of drug-likeness (QED) is 0.168. The highest BCUT2D eigenvalue weighted by Gasteiger charge is 2.26. The number of nitrogens with zero attached hydrogens (tertiary/aromatic N) is 1. The highest BCUT2D eigenvalue weighted by Crippen LogP contribution is 2.25. The summed E-state index contributed by atoms with van der Waals surface area (Å²) in [5.74, 6) is -0.999. The summed E-state index contributed by atoms with van der Waals surface area (Å²) in [6.07, 6.45) is 2.56. The normalized spacial score (nSPS) is 11.6. The second kappa shape index (κ2) is 14.3. The molecule has 0 aliphatic heterocycles. The average molecular weight is 558 g/mol. The molecule has 3 N–H and O–H groups in total. The number of unbranched alkanes of at least 4 members (excludes halogenated alkanes) is 1. The molecule has 3 aromatic carbocycles. The van der Waals surface area contributed by atoms with Gasteiger partial charge in [-0.25, -0.2) is 4.79 Å². The van der Waals surface area contributed by atoms with Crippen LogP contribution >= 0.6 is 11.3 Å². The fraction of sp³-hybridized carbons (Fsp3) is 0.281. The number of amides is 3. The van der Waals surface area contributed by atoms with Crippen LogP contribution in [0.1, 0.15) is 48.6 Å². The van der Waals surface area contributed by atoms with Crippen molar-refractivity contribution in [1.82, 2.24) is 10.2 Å². The zero-order valence-electron chi connectivity index (χ0n) is 22.6. The van der Waals surface area contributed by atoms with E-state index in [2.05, 4.69) is 17.6 Å². The Morgan fingerprint density at radius 1 is 0.950 bits per heavy atom. The number of thiophene rings is 1. The van der Waals surface area contributed by atoms with Crippen molar-refractivity contribution >= 4 is 45.7 Å². The van der Waals surface area contributed by atoms with Gasteiger partial charge in [-0.15, -0.1) is 11.3 Å². The Morgan fingerprint density at radius 2 is 1.73 bits per heavy atom. The molecule has 0 radical (unpaired) electrons. The molecule has 40 heavy (non-hydrogen) atoms. The van der Waals surface area contributed by atoms with Crippen LogP contribution in [0.3, 0.4) is 0 Å². The summed E-state index contributed by atoms with van der Waals surface area (Å²) < 4.78 is 0. The molecular weight excluding hydrogens is 522 g/mol. The van der Waals surface area contributed by atoms with E-state index in [9.17, 15) is 19.5 Å². The molecule has 8 heteroatoms. The number of rotatable bonds is 13. The van der Waals surface area contributed by atoms with E-state index in [1.54, 1.807) is 11.3 Å². The monoisotopic (exact) mass is 557 g/mol. The molecule has 0 fully saturated rings. The second-order valence-electron chi connectivity index (χ2n) is 9.80. The molecular formula is C32H35N3O4S. The summed E-state index contributed by atoms with van der Waals surface area (Å²) in [4.78, 5) is 41.2. The third-order valence-electron chi connectivity index (χ3n) is 6.72. The standard InChI is InChI=1S/C32H35N3O4S/c1-2-3-15-29(31(38)35(22-27-13-9-18-40-27)21-23-10-5-4-6-11-23)34-32(39)33-26-19-24-12-7-8-14-28(24)25(20-26)16-17-30(36)37/h4-14,18-20,29H,2-3,15-17,21-22H2,1H3,(H,36,37)(H2,33,34,39)/t29-/m0/s1. The van der Waals surface area contributed by atoms with Crippen molar-refractivity contribution in [3.05, 3.63) is 100 Å². The molecule has 3 amide bonds. The van der Waals surface area contributed by atoms with Gasteiger partial charge in [0.15, 0.2) is 0 Å². The Kier molecular flexibility index (Phi) is 10.3. The summed E-state index contributed by atoms with van der Waals surface area (Å²) >= 11 is 1.60. The number of urea groups is 1. The number of carbonyl (C=O) groups excluding carboxylic acids is 2. The van der Waals surface area contributed by atoms with Crippen molar-refractivity contribution in [2.45, 2.75) is 58.2 Å². The van der Waals surface area contributed by atoms with Crippen LogP contribution in [-0.2, 0) is 29.1 Å². The number of anilines is 1. The summed E-state index contributed by atoms with van der Waals surface area (Å²) in [6.45, 7) is 2.97. The van der Waals surface area contributed by atoms with Gasteiger partial charge in [-0.05, 0) is 58.3 Å². The van der Waals surface area contributed by atoms with Crippen molar-refractivity contribution < 1.29 is 19.5 Å². The average Bonchev–Trinajstić information content (AvgIpc) is 3.47. The molecule has 4 aromatic rings. The maximum absolute atomic E-state index is 13.9. The SMILES string of the molecule is CCCC[C@H](NC(=O)Nc1cc(CCC(=O)O)c2ccccc2c1)C(=O)N(Cc1ccccc1)Cc1cccs1. The van der Waals surface area contributed by atoms with Crippen LogP contribution in [0.5, 0.6) is 0 Å². The Morgan fingerprint density at radius 3 is 2.45 bits per heavy atom. The molecule has 4 rings (SSSR count). The van der Waals surface area contributed by atoms with E-state index in [4.69, 9.17) is 0 Å². The summed E-state index contributed by atoms with van der Waals surface area (Å²) in [5, 5.41) is 18.9. The zero-order chi connectivity index (χ0) is 28.3. The van der Waals surface area contributed by atoms with Gasteiger partial charge < -0.3 is 20.6 Å². The largest absolute Gasteiger partial charge is 0.481 e. The lowest BCUT2D eigenvalue weighted by Crippen LogP contribution is -2.49. The van der Waals surface area contributed by atoms with Gasteiger partial charge in [0.2, 0.25) is 5.91 Å². The van der Waals surface area contributed by atoms with Crippen LogP contribution in [0.2, 0.25) is 0 Å². The Hall–Kier alpha value is -4.17. The van der Waals surface area contributed by atoms with Gasteiger partial charge >= 0.3 is 12.0 Å². The van der Waals surface area contributed by atoms with Crippen molar-refractivity contribution in [3.63, 3.8) is 0 Å². The molecule has 0 aliphatic rings. The first-order valence-electron chi connectivity index (χ1n) is 13.6. The van der Waals surface area contributed by atoms with Gasteiger partial charge in [0, 0.05) is 23.5 Å². The van der Waals surface area contributed by atoms with E-state index in [-0.39, 0.29) is 12.3 Å². The first-order chi connectivity index (χ1) is 19.4. The number of carboxylic acids is 1. The van der Waals surface area contributed by atoms with Crippen molar-refractivity contribution in [3.8, 4) is 0 Å². The predicted molar refractivity (Wildman–Crippen MR) is 160 cm³/mol. The fourth-order valence-corrected chi connectivity index (χ4v) is 5.45. The van der Waals surface area contributed by atoms with Crippen LogP contribution in [0.15, 0.2) is 84.2 Å². The smallest absolute Gasteiger partial charge is 0.319 e. The summed E-state index contributed by atoms with van der Waals surface area (Å²) in [5.41, 5.74) is 2.42. The Balaban J connectivity index is 1.53. The van der Waals surface area contributed by atoms with E-state index in [1.165, 1.54) is 0 Å². The molecule has 0 unspecified atom stereocenters. The first-order valence-corrected chi connectivity index (χ1v) is 14.5. The number of hydrogen-bond donors (Lipinski definition) is 3. The van der Waals surface area contributed by atoms with Crippen molar-refractivity contribution in [2.24, 2.45) is 0 Å². The van der Waals surface area contributed by atoms with Gasteiger partial charge in [-0.1, -0.05) is 80.4 Å². The molecule has 0 aliphatic carbocycles. The minimum atomic E-state index is -0.875. The molecule has 7 nitrogen and oxygen atoms in total. The lowest BCUT2D eigenvalue weighted by atomic mass is 10.00. The van der Waals surface area contributed by atoms with E-state index < -0.39 is 18.0 Å². The minimum absolute atomic E-state index is 0.00523. The number of carboxylic acid groups (broad SMARTS) is 1. The Labute approximate surface area is 238 Å². The zero-order valence-corrected chi connectivity index (χ0v) is 23.5. The number of hydrogen-bond acceptors (Lipinski definition) is 4. The lowest BCUT2D eigenvalue weighted by Gasteiger charge is -2.28. The third kappa shape index (κ3) is 8.16. The van der Waals surface area contributed by atoms with Crippen molar-refractivity contribution in [2.75, 3.05) is 5.32 Å². The number of carbonyl (C=O) groups is 3. The predicted octanol–water partition coefficient (Wildman–Crippen LogP) is 6.83. The molecule has 0 bridgehead atoms. The fourth-order valence-electron chi connectivity index (χ4n) is 4.73. The number of nitrogens with one attached hydrogen (secondary N) is 2. The van der Waals surface area contributed by atoms with Gasteiger partial charge in [-0.2, -0.15) is 0 Å². The molecule has 0 saturated heterocycles. The summed E-state index contributed by atoms with van der Waals surface area (Å²) in [6, 6.07) is 24.1. The summed E-state index contributed by atoms with van der Waals surface area (Å²) in [7, 11) is 0. The third-order valence-corrected chi connectivity index (χ3v) is 7.58. The van der Waals surface area contributed by atoms with E-state index in [1.807, 2.05) is 89.1 Å². The van der Waals surface area contributed by atoms with E-state index in [0.717, 1.165) is 39.6 Å². The van der Waals surface area contributed by atoms with Crippen molar-refractivity contribution in [1.29, 1.82) is 0 Å². The highest BCUT2D eigenvalue weighted by molar-refractivity contribution is 7.09. The molecule has 1 heterocycles. The van der Waals surface area contributed by atoms with Crippen LogP contribution in [0, 0.1) is 0 Å². The van der Waals surface area contributed by atoms with Gasteiger partial charge in [0.05, 0.1) is 6.54 Å².